The summed E-state index contributed by atoms with van der Waals surface area (Å²) in [5.41, 5.74) is 7.39. The van der Waals surface area contributed by atoms with Crippen molar-refractivity contribution in [1.82, 2.24) is 4.90 Å². The van der Waals surface area contributed by atoms with E-state index < -0.39 is 0 Å². The number of rotatable bonds is 10. The monoisotopic (exact) mass is 306 g/mol. The smallest absolute Gasteiger partial charge is 0.119 e. The largest absolute Gasteiger partial charge is 0.494 e. The highest BCUT2D eigenvalue weighted by Gasteiger charge is 2.21. The summed E-state index contributed by atoms with van der Waals surface area (Å²) in [4.78, 5) is 2.52. The van der Waals surface area contributed by atoms with Crippen molar-refractivity contribution in [3.05, 3.63) is 29.8 Å². The first-order chi connectivity index (χ1) is 10.5. The molecule has 1 atom stereocenters. The first-order valence-electron chi connectivity index (χ1n) is 8.64. The highest BCUT2D eigenvalue weighted by molar-refractivity contribution is 5.31. The fraction of sp³-hybridized carbons (Fsp3) is 0.684. The van der Waals surface area contributed by atoms with Gasteiger partial charge in [-0.15, -0.1) is 0 Å². The maximum atomic E-state index is 6.12. The Balaban J connectivity index is 2.94. The van der Waals surface area contributed by atoms with Gasteiger partial charge in [0, 0.05) is 25.7 Å². The summed E-state index contributed by atoms with van der Waals surface area (Å²) in [6.45, 7) is 14.7. The molecule has 3 nitrogen and oxygen atoms in total. The summed E-state index contributed by atoms with van der Waals surface area (Å²) in [6, 6.07) is 8.69. The lowest BCUT2D eigenvalue weighted by molar-refractivity contribution is 0.160. The maximum absolute atomic E-state index is 6.12. The SMILES string of the molecule is CCCOc1cccc(C(CN)N(CC(C)C)CC(C)C)c1. The van der Waals surface area contributed by atoms with Crippen LogP contribution in [0.1, 0.15) is 52.6 Å². The molecule has 0 aliphatic rings. The second-order valence-corrected chi connectivity index (χ2v) is 6.91. The number of nitrogens with zero attached hydrogens (tertiary/aromatic N) is 1. The van der Waals surface area contributed by atoms with E-state index in [2.05, 4.69) is 57.7 Å². The minimum Gasteiger partial charge on any atom is -0.494 e. The zero-order valence-corrected chi connectivity index (χ0v) is 15.0. The fourth-order valence-corrected chi connectivity index (χ4v) is 2.79. The molecule has 0 aliphatic carbocycles. The first-order valence-corrected chi connectivity index (χ1v) is 8.64. The Hall–Kier alpha value is -1.06. The number of hydrogen-bond acceptors (Lipinski definition) is 3. The van der Waals surface area contributed by atoms with E-state index in [1.165, 1.54) is 5.56 Å². The van der Waals surface area contributed by atoms with Gasteiger partial charge in [-0.1, -0.05) is 46.8 Å². The summed E-state index contributed by atoms with van der Waals surface area (Å²) in [5.74, 6) is 2.21. The Kier molecular flexibility index (Phi) is 8.51. The minimum atomic E-state index is 0.259. The van der Waals surface area contributed by atoms with Crippen LogP contribution in [0, 0.1) is 11.8 Å². The van der Waals surface area contributed by atoms with Crippen molar-refractivity contribution in [3.8, 4) is 5.75 Å². The Morgan fingerprint density at radius 3 is 2.23 bits per heavy atom. The second-order valence-electron chi connectivity index (χ2n) is 6.91. The average molecular weight is 306 g/mol. The topological polar surface area (TPSA) is 38.5 Å². The van der Waals surface area contributed by atoms with Crippen molar-refractivity contribution in [2.24, 2.45) is 17.6 Å². The van der Waals surface area contributed by atoms with E-state index in [4.69, 9.17) is 10.5 Å². The van der Waals surface area contributed by atoms with Crippen LogP contribution in [0.5, 0.6) is 5.75 Å². The quantitative estimate of drug-likeness (QED) is 0.707. The van der Waals surface area contributed by atoms with Gasteiger partial charge >= 0.3 is 0 Å². The zero-order chi connectivity index (χ0) is 16.5. The van der Waals surface area contributed by atoms with E-state index >= 15 is 0 Å². The second kappa shape index (κ2) is 9.86. The number of ether oxygens (including phenoxy) is 1. The Bertz CT molecular complexity index is 408. The van der Waals surface area contributed by atoms with E-state index in [1.54, 1.807) is 0 Å². The first kappa shape index (κ1) is 19.0. The van der Waals surface area contributed by atoms with Crippen LogP contribution < -0.4 is 10.5 Å². The van der Waals surface area contributed by atoms with Gasteiger partial charge in [0.15, 0.2) is 0 Å². The Morgan fingerprint density at radius 2 is 1.73 bits per heavy atom. The minimum absolute atomic E-state index is 0.259. The van der Waals surface area contributed by atoms with Gasteiger partial charge in [0.1, 0.15) is 5.75 Å². The van der Waals surface area contributed by atoms with E-state index in [0.29, 0.717) is 18.4 Å². The fourth-order valence-electron chi connectivity index (χ4n) is 2.79. The lowest BCUT2D eigenvalue weighted by Crippen LogP contribution is -2.38. The molecule has 1 aromatic rings. The molecule has 22 heavy (non-hydrogen) atoms. The predicted molar refractivity (Wildman–Crippen MR) is 95.3 cm³/mol. The summed E-state index contributed by atoms with van der Waals surface area (Å²) in [5, 5.41) is 0. The lowest BCUT2D eigenvalue weighted by Gasteiger charge is -2.34. The molecule has 3 heteroatoms. The zero-order valence-electron chi connectivity index (χ0n) is 15.0. The van der Waals surface area contributed by atoms with Crippen LogP contribution in [0.2, 0.25) is 0 Å². The molecule has 0 bridgehead atoms. The third-order valence-electron chi connectivity index (χ3n) is 3.58. The van der Waals surface area contributed by atoms with E-state index in [-0.39, 0.29) is 6.04 Å². The van der Waals surface area contributed by atoms with E-state index in [1.807, 2.05) is 6.07 Å². The Labute approximate surface area is 136 Å². The number of nitrogens with two attached hydrogens (primary N) is 1. The van der Waals surface area contributed by atoms with Crippen LogP contribution in [0.25, 0.3) is 0 Å². The van der Waals surface area contributed by atoms with E-state index in [9.17, 15) is 0 Å². The standard InChI is InChI=1S/C19H34N2O/c1-6-10-22-18-9-7-8-17(11-18)19(12-20)21(13-15(2)3)14-16(4)5/h7-9,11,15-16,19H,6,10,12-14,20H2,1-5H3. The van der Waals surface area contributed by atoms with Crippen molar-refractivity contribution in [3.63, 3.8) is 0 Å². The van der Waals surface area contributed by atoms with Gasteiger partial charge < -0.3 is 10.5 Å². The molecule has 0 heterocycles. The molecule has 0 spiro atoms. The predicted octanol–water partition coefficient (Wildman–Crippen LogP) is 4.09. The highest BCUT2D eigenvalue weighted by atomic mass is 16.5. The van der Waals surface area contributed by atoms with Crippen LogP contribution in [0.4, 0.5) is 0 Å². The summed E-state index contributed by atoms with van der Waals surface area (Å²) in [6.07, 6.45) is 1.03. The van der Waals surface area contributed by atoms with Gasteiger partial charge in [-0.05, 0) is 36.0 Å². The van der Waals surface area contributed by atoms with Crippen LogP contribution in [0.15, 0.2) is 24.3 Å². The van der Waals surface area contributed by atoms with Crippen molar-refractivity contribution in [1.29, 1.82) is 0 Å². The van der Waals surface area contributed by atoms with Crippen LogP contribution in [0.3, 0.4) is 0 Å². The van der Waals surface area contributed by atoms with Gasteiger partial charge in [-0.25, -0.2) is 0 Å². The van der Waals surface area contributed by atoms with Gasteiger partial charge in [0.05, 0.1) is 6.61 Å². The van der Waals surface area contributed by atoms with E-state index in [0.717, 1.165) is 31.9 Å². The average Bonchev–Trinajstić information content (AvgIpc) is 2.45. The molecule has 0 aromatic heterocycles. The molecule has 1 unspecified atom stereocenters. The van der Waals surface area contributed by atoms with Gasteiger partial charge in [-0.3, -0.25) is 4.90 Å². The van der Waals surface area contributed by atoms with Crippen molar-refractivity contribution >= 4 is 0 Å². The molecule has 0 saturated carbocycles. The van der Waals surface area contributed by atoms with Crippen LogP contribution in [-0.2, 0) is 0 Å². The number of benzene rings is 1. The molecule has 0 saturated heterocycles. The van der Waals surface area contributed by atoms with Crippen molar-refractivity contribution in [2.75, 3.05) is 26.2 Å². The van der Waals surface area contributed by atoms with Crippen molar-refractivity contribution in [2.45, 2.75) is 47.1 Å². The molecule has 0 aliphatic heterocycles. The molecule has 0 fully saturated rings. The molecule has 0 amide bonds. The number of hydrogen-bond donors (Lipinski definition) is 1. The molecule has 2 N–H and O–H groups in total. The Morgan fingerprint density at radius 1 is 1.09 bits per heavy atom. The summed E-state index contributed by atoms with van der Waals surface area (Å²) >= 11 is 0. The van der Waals surface area contributed by atoms with Crippen LogP contribution >= 0.6 is 0 Å². The van der Waals surface area contributed by atoms with Gasteiger partial charge in [-0.2, -0.15) is 0 Å². The molecule has 1 aromatic carbocycles. The van der Waals surface area contributed by atoms with Gasteiger partial charge in [0.2, 0.25) is 0 Å². The summed E-state index contributed by atoms with van der Waals surface area (Å²) in [7, 11) is 0. The third kappa shape index (κ3) is 6.37. The molecule has 1 rings (SSSR count). The van der Waals surface area contributed by atoms with Crippen LogP contribution in [-0.4, -0.2) is 31.1 Å². The van der Waals surface area contributed by atoms with Gasteiger partial charge in [0.25, 0.3) is 0 Å². The molecular weight excluding hydrogens is 272 g/mol. The molecule has 0 radical (unpaired) electrons. The summed E-state index contributed by atoms with van der Waals surface area (Å²) < 4.78 is 5.77. The third-order valence-corrected chi connectivity index (χ3v) is 3.58. The maximum Gasteiger partial charge on any atom is 0.119 e. The normalized spacial score (nSPS) is 13.1. The van der Waals surface area contributed by atoms with Crippen molar-refractivity contribution < 1.29 is 4.74 Å². The molecule has 126 valence electrons. The highest BCUT2D eigenvalue weighted by Crippen LogP contribution is 2.25. The molecular formula is C19H34N2O. The lowest BCUT2D eigenvalue weighted by atomic mass is 10.0.